The molecule has 0 bridgehead atoms. The van der Waals surface area contributed by atoms with Gasteiger partial charge < -0.3 is 15.4 Å². The van der Waals surface area contributed by atoms with E-state index in [1.54, 1.807) is 0 Å². The zero-order valence-electron chi connectivity index (χ0n) is 12.9. The molecule has 2 N–H and O–H groups in total. The quantitative estimate of drug-likeness (QED) is 0.894. The van der Waals surface area contributed by atoms with Crippen molar-refractivity contribution >= 4 is 5.82 Å². The molecule has 5 nitrogen and oxygen atoms in total. The third-order valence-electron chi connectivity index (χ3n) is 3.99. The summed E-state index contributed by atoms with van der Waals surface area (Å²) in [5.41, 5.74) is 6.80. The van der Waals surface area contributed by atoms with Gasteiger partial charge >= 0.3 is 0 Å². The molecule has 0 aliphatic carbocycles. The Balaban J connectivity index is 2.04. The highest BCUT2D eigenvalue weighted by Crippen LogP contribution is 2.22. The lowest BCUT2D eigenvalue weighted by Crippen LogP contribution is -2.40. The van der Waals surface area contributed by atoms with Crippen LogP contribution in [0.15, 0.2) is 0 Å². The van der Waals surface area contributed by atoms with E-state index in [0.717, 1.165) is 30.8 Å². The van der Waals surface area contributed by atoms with Crippen molar-refractivity contribution in [2.75, 3.05) is 25.9 Å². The summed E-state index contributed by atoms with van der Waals surface area (Å²) in [7, 11) is 2.16. The van der Waals surface area contributed by atoms with Gasteiger partial charge in [0.2, 0.25) is 5.88 Å². The highest BCUT2D eigenvalue weighted by atomic mass is 16.5. The Hall–Kier alpha value is -1.36. The number of rotatable bonds is 5. The summed E-state index contributed by atoms with van der Waals surface area (Å²) in [4.78, 5) is 11.2. The summed E-state index contributed by atoms with van der Waals surface area (Å²) in [6, 6.07) is 0.481. The Morgan fingerprint density at radius 2 is 2.15 bits per heavy atom. The van der Waals surface area contributed by atoms with Gasteiger partial charge in [0.15, 0.2) is 0 Å². The van der Waals surface area contributed by atoms with Gasteiger partial charge in [-0.2, -0.15) is 4.98 Å². The molecule has 0 amide bonds. The molecule has 1 unspecified atom stereocenters. The number of hydrogen-bond donors (Lipinski definition) is 1. The van der Waals surface area contributed by atoms with E-state index in [9.17, 15) is 0 Å². The molecule has 0 saturated carbocycles. The third kappa shape index (κ3) is 3.60. The molecule has 2 rings (SSSR count). The van der Waals surface area contributed by atoms with Crippen molar-refractivity contribution in [3.05, 3.63) is 11.4 Å². The molecule has 0 aromatic carbocycles. The fraction of sp³-hybridized carbons (Fsp3) is 0.733. The number of likely N-dealkylation sites (N-methyl/N-ethyl adjacent to an activating group) is 1. The number of nitrogen functional groups attached to an aromatic ring is 1. The topological polar surface area (TPSA) is 64.3 Å². The lowest BCUT2D eigenvalue weighted by Gasteiger charge is -2.32. The first-order chi connectivity index (χ1) is 9.61. The fourth-order valence-corrected chi connectivity index (χ4v) is 2.56. The van der Waals surface area contributed by atoms with Crippen LogP contribution in [0.1, 0.15) is 44.0 Å². The minimum Gasteiger partial charge on any atom is -0.476 e. The number of hydrogen-bond acceptors (Lipinski definition) is 5. The van der Waals surface area contributed by atoms with E-state index in [1.165, 1.54) is 19.3 Å². The highest BCUT2D eigenvalue weighted by Gasteiger charge is 2.20. The van der Waals surface area contributed by atoms with Gasteiger partial charge in [-0.25, -0.2) is 4.98 Å². The van der Waals surface area contributed by atoms with Crippen LogP contribution in [-0.2, 0) is 6.42 Å². The maximum atomic E-state index is 5.95. The van der Waals surface area contributed by atoms with Crippen molar-refractivity contribution in [1.82, 2.24) is 14.9 Å². The predicted molar refractivity (Wildman–Crippen MR) is 80.9 cm³/mol. The minimum absolute atomic E-state index is 0.481. The van der Waals surface area contributed by atoms with Crippen LogP contribution < -0.4 is 10.5 Å². The molecular formula is C15H26N4O. The first-order valence-corrected chi connectivity index (χ1v) is 7.57. The predicted octanol–water partition coefficient (Wildman–Crippen LogP) is 2.18. The maximum absolute atomic E-state index is 5.95. The molecule has 1 saturated heterocycles. The summed E-state index contributed by atoms with van der Waals surface area (Å²) in [5, 5.41) is 0. The number of aryl methyl sites for hydroxylation is 1. The molecule has 0 radical (unpaired) electrons. The lowest BCUT2D eigenvalue weighted by molar-refractivity contribution is 0.122. The summed E-state index contributed by atoms with van der Waals surface area (Å²) >= 11 is 0. The SMILES string of the molecule is CCCc1nc(N)c(C)c(OCC2CCCCN2C)n1. The molecule has 1 aromatic rings. The summed E-state index contributed by atoms with van der Waals surface area (Å²) in [6.07, 6.45) is 5.60. The molecule has 2 heterocycles. The van der Waals surface area contributed by atoms with Crippen molar-refractivity contribution in [1.29, 1.82) is 0 Å². The van der Waals surface area contributed by atoms with Gasteiger partial charge in [-0.15, -0.1) is 0 Å². The van der Waals surface area contributed by atoms with Gasteiger partial charge in [0, 0.05) is 12.5 Å². The second kappa shape index (κ2) is 6.88. The van der Waals surface area contributed by atoms with E-state index >= 15 is 0 Å². The lowest BCUT2D eigenvalue weighted by atomic mass is 10.0. The number of nitrogens with zero attached hydrogens (tertiary/aromatic N) is 3. The van der Waals surface area contributed by atoms with Gasteiger partial charge in [-0.3, -0.25) is 0 Å². The second-order valence-corrected chi connectivity index (χ2v) is 5.65. The van der Waals surface area contributed by atoms with Crippen molar-refractivity contribution in [2.24, 2.45) is 0 Å². The van der Waals surface area contributed by atoms with Crippen LogP contribution >= 0.6 is 0 Å². The van der Waals surface area contributed by atoms with E-state index in [1.807, 2.05) is 6.92 Å². The number of anilines is 1. The smallest absolute Gasteiger partial charge is 0.221 e. The monoisotopic (exact) mass is 278 g/mol. The largest absolute Gasteiger partial charge is 0.476 e. The molecule has 1 fully saturated rings. The standard InChI is InChI=1S/C15H26N4O/c1-4-7-13-17-14(16)11(2)15(18-13)20-10-12-8-5-6-9-19(12)3/h12H,4-10H2,1-3H3,(H2,16,17,18). The molecule has 1 aliphatic rings. The normalized spacial score (nSPS) is 20.1. The molecule has 1 atom stereocenters. The van der Waals surface area contributed by atoms with E-state index < -0.39 is 0 Å². The van der Waals surface area contributed by atoms with Crippen LogP contribution in [0.3, 0.4) is 0 Å². The Kier molecular flexibility index (Phi) is 5.17. The van der Waals surface area contributed by atoms with Crippen molar-refractivity contribution in [2.45, 2.75) is 52.0 Å². The molecule has 1 aromatic heterocycles. The van der Waals surface area contributed by atoms with E-state index in [2.05, 4.69) is 28.8 Å². The van der Waals surface area contributed by atoms with Crippen molar-refractivity contribution in [3.63, 3.8) is 0 Å². The molecule has 20 heavy (non-hydrogen) atoms. The third-order valence-corrected chi connectivity index (χ3v) is 3.99. The summed E-state index contributed by atoms with van der Waals surface area (Å²) in [5.74, 6) is 1.97. The Morgan fingerprint density at radius 3 is 2.85 bits per heavy atom. The maximum Gasteiger partial charge on any atom is 0.221 e. The van der Waals surface area contributed by atoms with Gasteiger partial charge in [0.1, 0.15) is 18.2 Å². The molecule has 0 spiro atoms. The van der Waals surface area contributed by atoms with Crippen molar-refractivity contribution < 1.29 is 4.74 Å². The zero-order chi connectivity index (χ0) is 14.5. The first kappa shape index (κ1) is 15.0. The van der Waals surface area contributed by atoms with E-state index in [4.69, 9.17) is 10.5 Å². The Morgan fingerprint density at radius 1 is 1.35 bits per heavy atom. The number of nitrogens with two attached hydrogens (primary N) is 1. The average Bonchev–Trinajstić information content (AvgIpc) is 2.43. The molecule has 5 heteroatoms. The fourth-order valence-electron chi connectivity index (χ4n) is 2.56. The highest BCUT2D eigenvalue weighted by molar-refractivity contribution is 5.44. The number of aromatic nitrogens is 2. The average molecular weight is 278 g/mol. The Labute approximate surface area is 121 Å². The number of likely N-dealkylation sites (tertiary alicyclic amines) is 1. The molecule has 112 valence electrons. The van der Waals surface area contributed by atoms with Gasteiger partial charge in [-0.1, -0.05) is 13.3 Å². The van der Waals surface area contributed by atoms with Crippen LogP contribution in [0.4, 0.5) is 5.82 Å². The van der Waals surface area contributed by atoms with Gasteiger partial charge in [0.25, 0.3) is 0 Å². The van der Waals surface area contributed by atoms with Crippen LogP contribution in [0.5, 0.6) is 5.88 Å². The van der Waals surface area contributed by atoms with Crippen molar-refractivity contribution in [3.8, 4) is 5.88 Å². The van der Waals surface area contributed by atoms with Gasteiger partial charge in [0.05, 0.1) is 5.56 Å². The number of ether oxygens (including phenoxy) is 1. The number of piperidine rings is 1. The first-order valence-electron chi connectivity index (χ1n) is 7.57. The zero-order valence-corrected chi connectivity index (χ0v) is 12.9. The van der Waals surface area contributed by atoms with Crippen LogP contribution in [0, 0.1) is 6.92 Å². The van der Waals surface area contributed by atoms with E-state index in [-0.39, 0.29) is 0 Å². The summed E-state index contributed by atoms with van der Waals surface area (Å²) in [6.45, 7) is 5.86. The Bertz CT molecular complexity index is 450. The van der Waals surface area contributed by atoms with Crippen LogP contribution in [0.2, 0.25) is 0 Å². The van der Waals surface area contributed by atoms with Crippen LogP contribution in [-0.4, -0.2) is 41.1 Å². The minimum atomic E-state index is 0.481. The second-order valence-electron chi connectivity index (χ2n) is 5.65. The summed E-state index contributed by atoms with van der Waals surface area (Å²) < 4.78 is 5.94. The van der Waals surface area contributed by atoms with Gasteiger partial charge in [-0.05, 0) is 39.8 Å². The van der Waals surface area contributed by atoms with E-state index in [0.29, 0.717) is 24.3 Å². The molecule has 1 aliphatic heterocycles. The van der Waals surface area contributed by atoms with Crippen LogP contribution in [0.25, 0.3) is 0 Å². The molecular weight excluding hydrogens is 252 g/mol.